The first-order chi connectivity index (χ1) is 5.06. The van der Waals surface area contributed by atoms with Crippen LogP contribution in [-0.2, 0) is 9.59 Å². The van der Waals surface area contributed by atoms with E-state index in [0.29, 0.717) is 12.3 Å². The molecule has 0 bridgehead atoms. The molecular formula is C8H15NO2. The first kappa shape index (κ1) is 10.1. The van der Waals surface area contributed by atoms with E-state index in [1.165, 1.54) is 0 Å². The minimum Gasteiger partial charge on any atom is -0.347 e. The van der Waals surface area contributed by atoms with Gasteiger partial charge in [-0.2, -0.15) is 0 Å². The zero-order chi connectivity index (χ0) is 8.85. The van der Waals surface area contributed by atoms with E-state index in [1.807, 2.05) is 13.8 Å². The Morgan fingerprint density at radius 1 is 1.45 bits per heavy atom. The summed E-state index contributed by atoms with van der Waals surface area (Å²) >= 11 is 0. The molecule has 0 fully saturated rings. The summed E-state index contributed by atoms with van der Waals surface area (Å²) in [5, 5.41) is 2.55. The largest absolute Gasteiger partial charge is 0.347 e. The van der Waals surface area contributed by atoms with E-state index in [4.69, 9.17) is 0 Å². The first-order valence-electron chi connectivity index (χ1n) is 3.81. The van der Waals surface area contributed by atoms with Gasteiger partial charge in [-0.15, -0.1) is 0 Å². The first-order valence-corrected chi connectivity index (χ1v) is 3.81. The maximum atomic E-state index is 11.0. The Hall–Kier alpha value is -0.860. The number of carbonyl (C=O) groups is 2. The lowest BCUT2D eigenvalue weighted by Crippen LogP contribution is -2.34. The number of nitrogens with one attached hydrogen (secondary N) is 1. The monoisotopic (exact) mass is 157 g/mol. The third-order valence-corrected chi connectivity index (χ3v) is 1.19. The van der Waals surface area contributed by atoms with E-state index in [9.17, 15) is 9.59 Å². The lowest BCUT2D eigenvalue weighted by Gasteiger charge is -2.08. The molecular weight excluding hydrogens is 142 g/mol. The summed E-state index contributed by atoms with van der Waals surface area (Å²) in [6.45, 7) is 5.58. The second-order valence-electron chi connectivity index (χ2n) is 3.09. The van der Waals surface area contributed by atoms with E-state index in [1.54, 1.807) is 6.92 Å². The third kappa shape index (κ3) is 5.58. The number of amides is 1. The maximum Gasteiger partial charge on any atom is 0.220 e. The predicted molar refractivity (Wildman–Crippen MR) is 43.1 cm³/mol. The van der Waals surface area contributed by atoms with Crippen LogP contribution in [0.4, 0.5) is 0 Å². The van der Waals surface area contributed by atoms with Crippen molar-refractivity contribution in [1.82, 2.24) is 5.32 Å². The van der Waals surface area contributed by atoms with Crippen molar-refractivity contribution in [3.05, 3.63) is 0 Å². The summed E-state index contributed by atoms with van der Waals surface area (Å²) < 4.78 is 0. The van der Waals surface area contributed by atoms with E-state index in [0.717, 1.165) is 6.29 Å². The zero-order valence-corrected chi connectivity index (χ0v) is 7.26. The van der Waals surface area contributed by atoms with Gasteiger partial charge >= 0.3 is 0 Å². The molecule has 11 heavy (non-hydrogen) atoms. The second kappa shape index (κ2) is 4.88. The summed E-state index contributed by atoms with van der Waals surface area (Å²) in [6, 6.07) is -0.360. The van der Waals surface area contributed by atoms with Crippen LogP contribution < -0.4 is 5.32 Å². The van der Waals surface area contributed by atoms with Gasteiger partial charge in [0, 0.05) is 6.42 Å². The van der Waals surface area contributed by atoms with Crippen LogP contribution in [0.15, 0.2) is 0 Å². The van der Waals surface area contributed by atoms with Crippen LogP contribution in [0.2, 0.25) is 0 Å². The molecule has 0 saturated heterocycles. The standard InChI is InChI=1S/C8H15NO2/c1-6(2)4-8(11)9-7(3)5-10/h5-7H,4H2,1-3H3,(H,9,11). The van der Waals surface area contributed by atoms with Gasteiger partial charge in [0.05, 0.1) is 6.04 Å². The molecule has 0 heterocycles. The molecule has 0 aliphatic rings. The molecule has 1 unspecified atom stereocenters. The lowest BCUT2D eigenvalue weighted by atomic mass is 10.1. The average Bonchev–Trinajstić information content (AvgIpc) is 1.85. The van der Waals surface area contributed by atoms with Crippen molar-refractivity contribution in [3.8, 4) is 0 Å². The summed E-state index contributed by atoms with van der Waals surface area (Å²) in [5.74, 6) is 0.286. The van der Waals surface area contributed by atoms with Crippen molar-refractivity contribution in [2.24, 2.45) is 5.92 Å². The van der Waals surface area contributed by atoms with E-state index in [-0.39, 0.29) is 11.9 Å². The molecule has 3 heteroatoms. The SMILES string of the molecule is CC(C)CC(=O)NC(C)C=O. The van der Waals surface area contributed by atoms with Gasteiger partial charge < -0.3 is 10.1 Å². The van der Waals surface area contributed by atoms with Crippen LogP contribution in [0, 0.1) is 5.92 Å². The number of carbonyl (C=O) groups excluding carboxylic acids is 2. The van der Waals surface area contributed by atoms with Gasteiger partial charge in [-0.25, -0.2) is 0 Å². The van der Waals surface area contributed by atoms with Crippen LogP contribution in [0.25, 0.3) is 0 Å². The number of hydrogen-bond donors (Lipinski definition) is 1. The molecule has 0 spiro atoms. The minimum absolute atomic E-state index is 0.0559. The fourth-order valence-corrected chi connectivity index (χ4v) is 0.718. The fraction of sp³-hybridized carbons (Fsp3) is 0.750. The smallest absolute Gasteiger partial charge is 0.220 e. The summed E-state index contributed by atoms with van der Waals surface area (Å²) in [5.41, 5.74) is 0. The maximum absolute atomic E-state index is 11.0. The van der Waals surface area contributed by atoms with E-state index >= 15 is 0 Å². The molecule has 1 atom stereocenters. The van der Waals surface area contributed by atoms with Crippen molar-refractivity contribution in [3.63, 3.8) is 0 Å². The van der Waals surface area contributed by atoms with Gasteiger partial charge in [-0.1, -0.05) is 13.8 Å². The molecule has 0 aliphatic heterocycles. The Morgan fingerprint density at radius 2 is 2.00 bits per heavy atom. The molecule has 64 valence electrons. The van der Waals surface area contributed by atoms with Gasteiger partial charge in [-0.05, 0) is 12.8 Å². The van der Waals surface area contributed by atoms with Crippen molar-refractivity contribution >= 4 is 12.2 Å². The molecule has 0 radical (unpaired) electrons. The fourth-order valence-electron chi connectivity index (χ4n) is 0.718. The molecule has 0 saturated carbocycles. The van der Waals surface area contributed by atoms with Gasteiger partial charge in [0.2, 0.25) is 5.91 Å². The Morgan fingerprint density at radius 3 is 2.36 bits per heavy atom. The molecule has 1 amide bonds. The predicted octanol–water partition coefficient (Wildman–Crippen LogP) is 0.736. The Labute approximate surface area is 67.2 Å². The second-order valence-corrected chi connectivity index (χ2v) is 3.09. The Bertz CT molecular complexity index is 143. The summed E-state index contributed by atoms with van der Waals surface area (Å²) in [7, 11) is 0. The van der Waals surface area contributed by atoms with E-state index in [2.05, 4.69) is 5.32 Å². The highest BCUT2D eigenvalue weighted by molar-refractivity contribution is 5.79. The molecule has 3 nitrogen and oxygen atoms in total. The normalized spacial score (nSPS) is 12.7. The molecule has 0 rings (SSSR count). The summed E-state index contributed by atoms with van der Waals surface area (Å²) in [4.78, 5) is 21.1. The van der Waals surface area contributed by atoms with Crippen LogP contribution in [0.3, 0.4) is 0 Å². The van der Waals surface area contributed by atoms with Gasteiger partial charge in [0.1, 0.15) is 6.29 Å². The third-order valence-electron chi connectivity index (χ3n) is 1.19. The summed E-state index contributed by atoms with van der Waals surface area (Å²) in [6.07, 6.45) is 1.20. The average molecular weight is 157 g/mol. The van der Waals surface area contributed by atoms with Crippen LogP contribution in [0.1, 0.15) is 27.2 Å². The van der Waals surface area contributed by atoms with E-state index < -0.39 is 0 Å². The van der Waals surface area contributed by atoms with Crippen LogP contribution >= 0.6 is 0 Å². The minimum atomic E-state index is -0.360. The quantitative estimate of drug-likeness (QED) is 0.612. The number of aldehydes is 1. The topological polar surface area (TPSA) is 46.2 Å². The molecule has 0 aromatic heterocycles. The molecule has 0 aliphatic carbocycles. The van der Waals surface area contributed by atoms with Crippen LogP contribution in [-0.4, -0.2) is 18.2 Å². The highest BCUT2D eigenvalue weighted by Gasteiger charge is 2.06. The molecule has 1 N–H and O–H groups in total. The number of hydrogen-bond acceptors (Lipinski definition) is 2. The Kier molecular flexibility index (Phi) is 4.50. The van der Waals surface area contributed by atoms with Crippen molar-refractivity contribution in [2.45, 2.75) is 33.2 Å². The molecule has 0 aromatic rings. The molecule has 0 aromatic carbocycles. The van der Waals surface area contributed by atoms with Crippen molar-refractivity contribution in [1.29, 1.82) is 0 Å². The Balaban J connectivity index is 3.60. The van der Waals surface area contributed by atoms with Crippen molar-refractivity contribution in [2.75, 3.05) is 0 Å². The van der Waals surface area contributed by atoms with Crippen LogP contribution in [0.5, 0.6) is 0 Å². The van der Waals surface area contributed by atoms with Gasteiger partial charge in [-0.3, -0.25) is 4.79 Å². The zero-order valence-electron chi connectivity index (χ0n) is 7.26. The van der Waals surface area contributed by atoms with Gasteiger partial charge in [0.15, 0.2) is 0 Å². The highest BCUT2D eigenvalue weighted by atomic mass is 16.2. The van der Waals surface area contributed by atoms with Gasteiger partial charge in [0.25, 0.3) is 0 Å². The number of rotatable bonds is 4. The lowest BCUT2D eigenvalue weighted by molar-refractivity contribution is -0.124. The van der Waals surface area contributed by atoms with Crippen molar-refractivity contribution < 1.29 is 9.59 Å². The highest BCUT2D eigenvalue weighted by Crippen LogP contribution is 1.98.